The second-order valence-electron chi connectivity index (χ2n) is 8.57. The lowest BCUT2D eigenvalue weighted by molar-refractivity contribution is -0.329. The maximum atomic E-state index is 14.6. The zero-order chi connectivity index (χ0) is 22.5. The van der Waals surface area contributed by atoms with Gasteiger partial charge < -0.3 is 39.4 Å². The summed E-state index contributed by atoms with van der Waals surface area (Å²) in [5.41, 5.74) is -0.116. The van der Waals surface area contributed by atoms with Crippen molar-refractivity contribution in [2.45, 2.75) is 42.2 Å². The summed E-state index contributed by atoms with van der Waals surface area (Å²) >= 11 is 0. The molecule has 9 heteroatoms. The van der Waals surface area contributed by atoms with Crippen LogP contribution in [0.15, 0.2) is 42.5 Å². The van der Waals surface area contributed by atoms with Gasteiger partial charge in [-0.05, 0) is 35.4 Å². The number of rotatable bonds is 6. The Labute approximate surface area is 183 Å². The van der Waals surface area contributed by atoms with Gasteiger partial charge in [0.1, 0.15) is 41.6 Å². The Hall–Kier alpha value is -2.11. The van der Waals surface area contributed by atoms with Crippen molar-refractivity contribution >= 4 is 0 Å². The van der Waals surface area contributed by atoms with Gasteiger partial charge in [-0.2, -0.15) is 0 Å². The van der Waals surface area contributed by atoms with Crippen LogP contribution in [0.1, 0.15) is 16.7 Å². The molecule has 172 valence electrons. The van der Waals surface area contributed by atoms with E-state index in [4.69, 9.17) is 18.9 Å². The maximum absolute atomic E-state index is 14.6. The van der Waals surface area contributed by atoms with Gasteiger partial charge in [0.15, 0.2) is 0 Å². The van der Waals surface area contributed by atoms with Crippen molar-refractivity contribution in [3.8, 4) is 5.75 Å². The summed E-state index contributed by atoms with van der Waals surface area (Å²) in [5.74, 6) is -1.57. The molecule has 3 aliphatic rings. The lowest BCUT2D eigenvalue weighted by Crippen LogP contribution is -2.65. The van der Waals surface area contributed by atoms with Crippen LogP contribution in [0.3, 0.4) is 0 Å². The third-order valence-electron chi connectivity index (χ3n) is 6.41. The first-order chi connectivity index (χ1) is 15.4. The van der Waals surface area contributed by atoms with Crippen molar-refractivity contribution in [3.63, 3.8) is 0 Å². The summed E-state index contributed by atoms with van der Waals surface area (Å²) in [6.07, 6.45) is -4.46. The first kappa shape index (κ1) is 21.7. The van der Waals surface area contributed by atoms with Gasteiger partial charge in [0.05, 0.1) is 26.4 Å². The molecule has 5 atom stereocenters. The van der Waals surface area contributed by atoms with E-state index in [-0.39, 0.29) is 24.7 Å². The predicted octanol–water partition coefficient (Wildman–Crippen LogP) is 0.221. The third kappa shape index (κ3) is 3.41. The van der Waals surface area contributed by atoms with Gasteiger partial charge in [0, 0.05) is 12.0 Å². The molecular formula is C23H25FO8. The summed E-state index contributed by atoms with van der Waals surface area (Å²) in [5, 5.41) is 41.1. The lowest BCUT2D eigenvalue weighted by atomic mass is 9.83. The topological polar surface area (TPSA) is 118 Å². The van der Waals surface area contributed by atoms with E-state index in [9.17, 15) is 24.8 Å². The summed E-state index contributed by atoms with van der Waals surface area (Å²) < 4.78 is 37.0. The van der Waals surface area contributed by atoms with Crippen LogP contribution in [0.4, 0.5) is 4.39 Å². The minimum absolute atomic E-state index is 0.0578. The van der Waals surface area contributed by atoms with Crippen LogP contribution in [0, 0.1) is 5.82 Å². The molecule has 0 aliphatic carbocycles. The minimum atomic E-state index is -1.83. The number of aliphatic hydroxyl groups is 4. The number of hydrogen-bond acceptors (Lipinski definition) is 8. The molecule has 0 aromatic heterocycles. The number of fused-ring (bicyclic) bond motifs is 2. The molecule has 3 saturated heterocycles. The highest BCUT2D eigenvalue weighted by Crippen LogP contribution is 2.49. The third-order valence-corrected chi connectivity index (χ3v) is 6.41. The van der Waals surface area contributed by atoms with Gasteiger partial charge in [-0.15, -0.1) is 0 Å². The van der Waals surface area contributed by atoms with Crippen molar-refractivity contribution in [2.75, 3.05) is 26.4 Å². The zero-order valence-electron chi connectivity index (χ0n) is 17.2. The molecule has 8 nitrogen and oxygen atoms in total. The Kier molecular flexibility index (Phi) is 5.45. The van der Waals surface area contributed by atoms with Gasteiger partial charge in [0.2, 0.25) is 5.79 Å². The monoisotopic (exact) mass is 448 g/mol. The van der Waals surface area contributed by atoms with E-state index in [0.717, 1.165) is 5.56 Å². The van der Waals surface area contributed by atoms with Gasteiger partial charge in [-0.1, -0.05) is 18.2 Å². The number of ether oxygens (including phenoxy) is 4. The van der Waals surface area contributed by atoms with Gasteiger partial charge in [-0.3, -0.25) is 0 Å². The molecular weight excluding hydrogens is 423 g/mol. The molecule has 32 heavy (non-hydrogen) atoms. The van der Waals surface area contributed by atoms with Crippen LogP contribution in [0.2, 0.25) is 0 Å². The molecule has 2 bridgehead atoms. The highest BCUT2D eigenvalue weighted by atomic mass is 19.1. The number of halogens is 1. The maximum Gasteiger partial charge on any atom is 0.225 e. The predicted molar refractivity (Wildman–Crippen MR) is 107 cm³/mol. The van der Waals surface area contributed by atoms with Crippen molar-refractivity contribution in [1.82, 2.24) is 0 Å². The summed E-state index contributed by atoms with van der Waals surface area (Å²) in [4.78, 5) is 0. The Morgan fingerprint density at radius 3 is 2.44 bits per heavy atom. The highest BCUT2D eigenvalue weighted by molar-refractivity contribution is 5.36. The molecule has 5 rings (SSSR count). The average Bonchev–Trinajstić information content (AvgIpc) is 3.16. The fraction of sp³-hybridized carbons (Fsp3) is 0.478. The fourth-order valence-corrected chi connectivity index (χ4v) is 4.38. The first-order valence-corrected chi connectivity index (χ1v) is 10.5. The van der Waals surface area contributed by atoms with Gasteiger partial charge in [-0.25, -0.2) is 4.39 Å². The molecule has 2 aromatic carbocycles. The van der Waals surface area contributed by atoms with Crippen molar-refractivity contribution in [2.24, 2.45) is 0 Å². The Morgan fingerprint density at radius 2 is 1.78 bits per heavy atom. The molecule has 3 heterocycles. The average molecular weight is 448 g/mol. The Bertz CT molecular complexity index is 980. The molecule has 3 fully saturated rings. The molecule has 0 radical (unpaired) electrons. The zero-order valence-corrected chi connectivity index (χ0v) is 17.2. The van der Waals surface area contributed by atoms with Crippen molar-refractivity contribution in [1.29, 1.82) is 0 Å². The number of hydrogen-bond donors (Lipinski definition) is 4. The standard InChI is InChI=1S/C23H25FO8/c24-18-6-3-15(23-21(28)19(26)20(27)22(11-25,32-23)12-30-23)8-14(18)7-13-1-4-16(5-2-13)31-17-9-29-10-17/h1-6,8,17,19-21,25-28H,7,9-12H2. The highest BCUT2D eigenvalue weighted by Gasteiger charge is 2.67. The van der Waals surface area contributed by atoms with E-state index >= 15 is 0 Å². The van der Waals surface area contributed by atoms with E-state index in [2.05, 4.69) is 0 Å². The largest absolute Gasteiger partial charge is 0.486 e. The van der Waals surface area contributed by atoms with Crippen LogP contribution >= 0.6 is 0 Å². The second-order valence-corrected chi connectivity index (χ2v) is 8.57. The van der Waals surface area contributed by atoms with Crippen LogP contribution < -0.4 is 4.74 Å². The van der Waals surface area contributed by atoms with Crippen LogP contribution in [-0.4, -0.2) is 76.9 Å². The second kappa shape index (κ2) is 8.03. The first-order valence-electron chi connectivity index (χ1n) is 10.5. The quantitative estimate of drug-likeness (QED) is 0.496. The number of benzene rings is 2. The van der Waals surface area contributed by atoms with Crippen LogP contribution in [-0.2, 0) is 26.4 Å². The molecule has 4 N–H and O–H groups in total. The van der Waals surface area contributed by atoms with E-state index in [0.29, 0.717) is 24.5 Å². The van der Waals surface area contributed by atoms with Crippen molar-refractivity contribution < 1.29 is 43.8 Å². The van der Waals surface area contributed by atoms with Crippen molar-refractivity contribution in [3.05, 3.63) is 65.0 Å². The number of aliphatic hydroxyl groups excluding tert-OH is 4. The Balaban J connectivity index is 1.40. The van der Waals surface area contributed by atoms with Crippen LogP contribution in [0.25, 0.3) is 0 Å². The molecule has 5 unspecified atom stereocenters. The molecule has 0 saturated carbocycles. The summed E-state index contributed by atoms with van der Waals surface area (Å²) in [6, 6.07) is 11.5. The molecule has 2 aromatic rings. The van der Waals surface area contributed by atoms with E-state index in [1.807, 2.05) is 24.3 Å². The Morgan fingerprint density at radius 1 is 1.03 bits per heavy atom. The minimum Gasteiger partial charge on any atom is -0.486 e. The molecule has 0 spiro atoms. The van der Waals surface area contributed by atoms with Gasteiger partial charge >= 0.3 is 0 Å². The normalized spacial score (nSPS) is 34.3. The van der Waals surface area contributed by atoms with E-state index in [1.54, 1.807) is 0 Å². The lowest BCUT2D eigenvalue weighted by Gasteiger charge is -2.45. The smallest absolute Gasteiger partial charge is 0.225 e. The fourth-order valence-electron chi connectivity index (χ4n) is 4.38. The molecule has 0 amide bonds. The SMILES string of the molecule is OCC12COC(c3ccc(F)c(Cc4ccc(OC5COC5)cc4)c3)(O1)C(O)C(O)C2O. The van der Waals surface area contributed by atoms with Gasteiger partial charge in [0.25, 0.3) is 0 Å². The summed E-state index contributed by atoms with van der Waals surface area (Å²) in [7, 11) is 0. The summed E-state index contributed by atoms with van der Waals surface area (Å²) in [6.45, 7) is 0.287. The van der Waals surface area contributed by atoms with E-state index < -0.39 is 42.1 Å². The molecule has 3 aliphatic heterocycles. The van der Waals surface area contributed by atoms with E-state index in [1.165, 1.54) is 18.2 Å². The van der Waals surface area contributed by atoms with Crippen LogP contribution in [0.5, 0.6) is 5.75 Å².